The molecule has 3 heterocycles. The Labute approximate surface area is 191 Å². The Kier molecular flexibility index (Phi) is 7.46. The van der Waals surface area contributed by atoms with Crippen molar-refractivity contribution in [3.8, 4) is 11.8 Å². The van der Waals surface area contributed by atoms with E-state index in [4.69, 9.17) is 9.68 Å². The molecule has 9 heteroatoms. The quantitative estimate of drug-likeness (QED) is 0.457. The first kappa shape index (κ1) is 22.0. The lowest BCUT2D eigenvalue weighted by atomic mass is 10.1. The van der Waals surface area contributed by atoms with E-state index in [1.165, 1.54) is 18.2 Å². The Hall–Kier alpha value is -3.25. The number of carbonyl (C=O) groups excluding carboxylic acids is 1. The number of amides is 1. The van der Waals surface area contributed by atoms with E-state index in [-0.39, 0.29) is 18.1 Å². The van der Waals surface area contributed by atoms with Crippen molar-refractivity contribution < 1.29 is 9.21 Å². The fraction of sp³-hybridized carbons (Fsp3) is 0.391. The van der Waals surface area contributed by atoms with Crippen molar-refractivity contribution in [3.05, 3.63) is 54.5 Å². The number of aromatic nitrogens is 3. The van der Waals surface area contributed by atoms with E-state index >= 15 is 0 Å². The molecule has 1 fully saturated rings. The summed E-state index contributed by atoms with van der Waals surface area (Å²) in [5, 5.41) is 18.6. The number of carbonyl (C=O) groups is 1. The largest absolute Gasteiger partial charge is 0.467 e. The van der Waals surface area contributed by atoms with Crippen LogP contribution in [0.5, 0.6) is 0 Å². The first-order valence-corrected chi connectivity index (χ1v) is 11.8. The number of hydrogen-bond donors (Lipinski definition) is 0. The molecule has 1 aliphatic rings. The smallest absolute Gasteiger partial charge is 0.233 e. The van der Waals surface area contributed by atoms with Crippen LogP contribution >= 0.6 is 11.8 Å². The van der Waals surface area contributed by atoms with E-state index in [1.807, 2.05) is 41.0 Å². The second-order valence-electron chi connectivity index (χ2n) is 7.59. The van der Waals surface area contributed by atoms with Gasteiger partial charge in [0.2, 0.25) is 11.9 Å². The van der Waals surface area contributed by atoms with E-state index < -0.39 is 0 Å². The van der Waals surface area contributed by atoms with Crippen LogP contribution in [0.25, 0.3) is 5.69 Å². The van der Waals surface area contributed by atoms with Crippen LogP contribution in [-0.2, 0) is 11.3 Å². The molecule has 0 spiro atoms. The first-order chi connectivity index (χ1) is 15.8. The number of nitrogens with zero attached hydrogens (tertiary/aromatic N) is 6. The molecule has 3 aromatic rings. The van der Waals surface area contributed by atoms with E-state index in [1.54, 1.807) is 17.2 Å². The maximum Gasteiger partial charge on any atom is 0.233 e. The van der Waals surface area contributed by atoms with Crippen molar-refractivity contribution in [1.82, 2.24) is 19.7 Å². The summed E-state index contributed by atoms with van der Waals surface area (Å²) in [7, 11) is 0. The van der Waals surface area contributed by atoms with Crippen molar-refractivity contribution in [1.29, 1.82) is 5.26 Å². The lowest BCUT2D eigenvalue weighted by Gasteiger charge is -2.27. The molecule has 32 heavy (non-hydrogen) atoms. The van der Waals surface area contributed by atoms with Gasteiger partial charge in [-0.25, -0.2) is 0 Å². The number of benzene rings is 1. The Morgan fingerprint density at radius 3 is 2.66 bits per heavy atom. The van der Waals surface area contributed by atoms with E-state index in [0.717, 1.165) is 37.6 Å². The Bertz CT molecular complexity index is 1040. The Morgan fingerprint density at radius 2 is 1.94 bits per heavy atom. The highest BCUT2D eigenvalue weighted by molar-refractivity contribution is 7.99. The molecule has 1 saturated heterocycles. The van der Waals surface area contributed by atoms with Gasteiger partial charge in [-0.15, -0.1) is 10.2 Å². The molecule has 0 atom stereocenters. The molecule has 0 N–H and O–H groups in total. The third kappa shape index (κ3) is 5.32. The van der Waals surface area contributed by atoms with Crippen LogP contribution in [0.2, 0.25) is 0 Å². The van der Waals surface area contributed by atoms with Gasteiger partial charge >= 0.3 is 0 Å². The minimum Gasteiger partial charge on any atom is -0.467 e. The number of piperidine rings is 1. The molecule has 0 radical (unpaired) electrons. The lowest BCUT2D eigenvalue weighted by Crippen LogP contribution is -2.33. The zero-order valence-electron chi connectivity index (χ0n) is 17.9. The number of nitriles is 1. The van der Waals surface area contributed by atoms with Crippen LogP contribution in [0, 0.1) is 11.3 Å². The molecule has 8 nitrogen and oxygen atoms in total. The molecule has 1 aromatic carbocycles. The summed E-state index contributed by atoms with van der Waals surface area (Å²) in [6.45, 7) is 2.62. The number of furan rings is 1. The second-order valence-corrected chi connectivity index (χ2v) is 8.54. The minimum atomic E-state index is -0.0659. The zero-order chi connectivity index (χ0) is 22.2. The molecule has 166 valence electrons. The van der Waals surface area contributed by atoms with Crippen molar-refractivity contribution >= 4 is 23.6 Å². The Balaban J connectivity index is 1.52. The molecule has 2 aromatic heterocycles. The molecule has 1 aliphatic heterocycles. The van der Waals surface area contributed by atoms with Crippen LogP contribution in [0.15, 0.2) is 58.3 Å². The van der Waals surface area contributed by atoms with Crippen molar-refractivity contribution in [3.63, 3.8) is 0 Å². The molecule has 0 bridgehead atoms. The highest BCUT2D eigenvalue weighted by Crippen LogP contribution is 2.28. The topological polar surface area (TPSA) is 91.2 Å². The molecular formula is C23H26N6O2S. The van der Waals surface area contributed by atoms with Gasteiger partial charge < -0.3 is 14.2 Å². The van der Waals surface area contributed by atoms with Crippen LogP contribution in [0.4, 0.5) is 5.95 Å². The predicted octanol–water partition coefficient (Wildman–Crippen LogP) is 3.89. The van der Waals surface area contributed by atoms with Gasteiger partial charge in [0.05, 0.1) is 36.7 Å². The van der Waals surface area contributed by atoms with Crippen LogP contribution in [-0.4, -0.2) is 51.0 Å². The van der Waals surface area contributed by atoms with Gasteiger partial charge in [-0.1, -0.05) is 30.0 Å². The molecular weight excluding hydrogens is 424 g/mol. The summed E-state index contributed by atoms with van der Waals surface area (Å²) in [5.74, 6) is 1.66. The maximum absolute atomic E-state index is 13.0. The van der Waals surface area contributed by atoms with E-state index in [2.05, 4.69) is 21.2 Å². The van der Waals surface area contributed by atoms with Crippen molar-refractivity contribution in [2.24, 2.45) is 0 Å². The van der Waals surface area contributed by atoms with Crippen LogP contribution in [0.1, 0.15) is 31.4 Å². The highest BCUT2D eigenvalue weighted by atomic mass is 32.2. The monoisotopic (exact) mass is 450 g/mol. The molecule has 1 amide bonds. The minimum absolute atomic E-state index is 0.0659. The summed E-state index contributed by atoms with van der Waals surface area (Å²) in [4.78, 5) is 16.9. The average Bonchev–Trinajstić information content (AvgIpc) is 3.51. The zero-order valence-corrected chi connectivity index (χ0v) is 18.7. The first-order valence-electron chi connectivity index (χ1n) is 10.8. The number of rotatable bonds is 9. The molecule has 4 rings (SSSR count). The van der Waals surface area contributed by atoms with Gasteiger partial charge in [-0.05, 0) is 43.5 Å². The fourth-order valence-electron chi connectivity index (χ4n) is 3.74. The number of hydrogen-bond acceptors (Lipinski definition) is 7. The van der Waals surface area contributed by atoms with Crippen molar-refractivity contribution in [2.45, 2.75) is 37.4 Å². The Morgan fingerprint density at radius 1 is 1.12 bits per heavy atom. The number of thioether (sulfide) groups is 1. The maximum atomic E-state index is 13.0. The summed E-state index contributed by atoms with van der Waals surface area (Å²) in [6.07, 6.45) is 5.38. The summed E-state index contributed by atoms with van der Waals surface area (Å²) >= 11 is 1.37. The van der Waals surface area contributed by atoms with Gasteiger partial charge in [0, 0.05) is 19.6 Å². The predicted molar refractivity (Wildman–Crippen MR) is 123 cm³/mol. The van der Waals surface area contributed by atoms with Crippen LogP contribution in [0.3, 0.4) is 0 Å². The highest BCUT2D eigenvalue weighted by Gasteiger charge is 2.23. The van der Waals surface area contributed by atoms with Gasteiger partial charge in [0.25, 0.3) is 0 Å². The third-order valence-electron chi connectivity index (χ3n) is 5.37. The fourth-order valence-corrected chi connectivity index (χ4v) is 4.59. The standard InChI is InChI=1S/C23H26N6O2S/c24-12-8-15-28(17-20-11-7-16-31-20)21(30)18-32-23-26-25-22(27-13-5-2-6-14-27)29(23)19-9-3-1-4-10-19/h1,3-4,7,9-11,16H,2,5-6,8,13-15,17-18H2. The van der Waals surface area contributed by atoms with E-state index in [9.17, 15) is 4.79 Å². The van der Waals surface area contributed by atoms with Gasteiger partial charge in [0.15, 0.2) is 5.16 Å². The average molecular weight is 451 g/mol. The van der Waals surface area contributed by atoms with Crippen LogP contribution < -0.4 is 4.90 Å². The summed E-state index contributed by atoms with van der Waals surface area (Å²) in [5.41, 5.74) is 0.977. The summed E-state index contributed by atoms with van der Waals surface area (Å²) in [6, 6.07) is 15.7. The summed E-state index contributed by atoms with van der Waals surface area (Å²) < 4.78 is 7.43. The third-order valence-corrected chi connectivity index (χ3v) is 6.28. The number of anilines is 1. The van der Waals surface area contributed by atoms with Gasteiger partial charge in [0.1, 0.15) is 5.76 Å². The van der Waals surface area contributed by atoms with Gasteiger partial charge in [-0.2, -0.15) is 5.26 Å². The SMILES string of the molecule is N#CCCN(Cc1ccco1)C(=O)CSc1nnc(N2CCCCC2)n1-c1ccccc1. The normalized spacial score (nSPS) is 13.7. The number of para-hydroxylation sites is 1. The van der Waals surface area contributed by atoms with E-state index in [0.29, 0.717) is 24.0 Å². The van der Waals surface area contributed by atoms with Crippen molar-refractivity contribution in [2.75, 3.05) is 30.3 Å². The molecule has 0 aliphatic carbocycles. The molecule has 0 unspecified atom stereocenters. The van der Waals surface area contributed by atoms with Gasteiger partial charge in [-0.3, -0.25) is 9.36 Å². The second kappa shape index (κ2) is 10.9. The molecule has 0 saturated carbocycles. The lowest BCUT2D eigenvalue weighted by molar-refractivity contribution is -0.129.